The Morgan fingerprint density at radius 3 is 2.45 bits per heavy atom. The first-order valence-corrected chi connectivity index (χ1v) is 8.51. The van der Waals surface area contributed by atoms with Gasteiger partial charge in [-0.25, -0.2) is 0 Å². The first-order chi connectivity index (χ1) is 9.45. The summed E-state index contributed by atoms with van der Waals surface area (Å²) in [5.41, 5.74) is 2.68. The van der Waals surface area contributed by atoms with Gasteiger partial charge in [-0.05, 0) is 36.0 Å². The Balaban J connectivity index is 2.08. The molecule has 0 radical (unpaired) electrons. The van der Waals surface area contributed by atoms with Gasteiger partial charge in [0.2, 0.25) is 0 Å². The maximum Gasteiger partial charge on any atom is 0.0377 e. The van der Waals surface area contributed by atoms with Gasteiger partial charge in [0.1, 0.15) is 0 Å². The fraction of sp³-hybridized carbons (Fsp3) is 0.647. The lowest BCUT2D eigenvalue weighted by Gasteiger charge is -2.36. The molecule has 0 bridgehead atoms. The fourth-order valence-corrected chi connectivity index (χ4v) is 3.57. The zero-order chi connectivity index (χ0) is 14.7. The molecule has 2 nitrogen and oxygen atoms in total. The highest BCUT2D eigenvalue weighted by atomic mass is 79.9. The molecular weight excluding hydrogens is 312 g/mol. The van der Waals surface area contributed by atoms with E-state index in [0.29, 0.717) is 6.04 Å². The van der Waals surface area contributed by atoms with Crippen LogP contribution < -0.4 is 10.2 Å². The second kappa shape index (κ2) is 6.95. The molecule has 1 heterocycles. The molecule has 3 heteroatoms. The summed E-state index contributed by atoms with van der Waals surface area (Å²) in [5.74, 6) is 1.58. The molecule has 0 aromatic heterocycles. The van der Waals surface area contributed by atoms with Crippen molar-refractivity contribution in [1.82, 2.24) is 5.32 Å². The van der Waals surface area contributed by atoms with E-state index in [0.717, 1.165) is 18.4 Å². The Bertz CT molecular complexity index is 435. The van der Waals surface area contributed by atoms with E-state index < -0.39 is 0 Å². The summed E-state index contributed by atoms with van der Waals surface area (Å²) in [6.45, 7) is 12.4. The summed E-state index contributed by atoms with van der Waals surface area (Å²) in [4.78, 5) is 2.53. The van der Waals surface area contributed by atoms with Crippen molar-refractivity contribution in [3.63, 3.8) is 0 Å². The molecule has 0 spiro atoms. The number of nitrogens with one attached hydrogen (secondary N) is 1. The Morgan fingerprint density at radius 1 is 1.25 bits per heavy atom. The molecule has 1 aliphatic heterocycles. The third-order valence-electron chi connectivity index (χ3n) is 3.97. The Hall–Kier alpha value is -0.540. The van der Waals surface area contributed by atoms with E-state index in [2.05, 4.69) is 72.0 Å². The predicted octanol–water partition coefficient (Wildman–Crippen LogP) is 4.43. The van der Waals surface area contributed by atoms with E-state index in [-0.39, 0.29) is 0 Å². The van der Waals surface area contributed by atoms with E-state index in [1.54, 1.807) is 0 Å². The van der Waals surface area contributed by atoms with Crippen molar-refractivity contribution in [3.8, 4) is 0 Å². The monoisotopic (exact) mass is 338 g/mol. The smallest absolute Gasteiger partial charge is 0.0377 e. The van der Waals surface area contributed by atoms with Crippen LogP contribution in [0.1, 0.15) is 39.7 Å². The molecule has 1 aliphatic rings. The minimum atomic E-state index is 0.519. The van der Waals surface area contributed by atoms with Crippen LogP contribution in [0, 0.1) is 11.8 Å². The van der Waals surface area contributed by atoms with Crippen LogP contribution in [0.4, 0.5) is 5.69 Å². The quantitative estimate of drug-likeness (QED) is 0.873. The average molecular weight is 339 g/mol. The summed E-state index contributed by atoms with van der Waals surface area (Å²) in [6, 6.07) is 7.32. The van der Waals surface area contributed by atoms with Crippen LogP contribution in [0.2, 0.25) is 0 Å². The van der Waals surface area contributed by atoms with Crippen molar-refractivity contribution in [2.24, 2.45) is 11.8 Å². The van der Waals surface area contributed by atoms with Crippen molar-refractivity contribution in [2.45, 2.75) is 46.7 Å². The number of nitrogens with zero attached hydrogens (tertiary/aromatic N) is 1. The lowest BCUT2D eigenvalue weighted by Crippen LogP contribution is -2.38. The second-order valence-electron chi connectivity index (χ2n) is 6.66. The van der Waals surface area contributed by atoms with Crippen molar-refractivity contribution < 1.29 is 0 Å². The van der Waals surface area contributed by atoms with Gasteiger partial charge in [-0.1, -0.05) is 49.7 Å². The standard InChI is InChI=1S/C17H27BrN2/c1-12(2)19-9-15-5-6-16(8-17(15)18)20-10-13(3)7-14(4)11-20/h5-6,8,12-14,19H,7,9-11H2,1-4H3. The number of hydrogen-bond acceptors (Lipinski definition) is 2. The van der Waals surface area contributed by atoms with E-state index in [9.17, 15) is 0 Å². The molecule has 1 aromatic rings. The fourth-order valence-electron chi connectivity index (χ4n) is 3.06. The Morgan fingerprint density at radius 2 is 1.90 bits per heavy atom. The Kier molecular flexibility index (Phi) is 5.50. The number of piperidine rings is 1. The largest absolute Gasteiger partial charge is 0.371 e. The third kappa shape index (κ3) is 4.23. The zero-order valence-electron chi connectivity index (χ0n) is 13.1. The molecule has 1 saturated heterocycles. The number of anilines is 1. The first kappa shape index (κ1) is 15.8. The summed E-state index contributed by atoms with van der Waals surface area (Å²) < 4.78 is 1.22. The topological polar surface area (TPSA) is 15.3 Å². The third-order valence-corrected chi connectivity index (χ3v) is 4.71. The van der Waals surface area contributed by atoms with Crippen molar-refractivity contribution in [1.29, 1.82) is 0 Å². The predicted molar refractivity (Wildman–Crippen MR) is 91.3 cm³/mol. The molecule has 20 heavy (non-hydrogen) atoms. The maximum atomic E-state index is 3.73. The number of hydrogen-bond donors (Lipinski definition) is 1. The summed E-state index contributed by atoms with van der Waals surface area (Å²) in [5, 5.41) is 3.47. The first-order valence-electron chi connectivity index (χ1n) is 7.72. The molecule has 112 valence electrons. The normalized spacial score (nSPS) is 23.4. The molecule has 1 N–H and O–H groups in total. The van der Waals surface area contributed by atoms with Gasteiger partial charge in [-0.15, -0.1) is 0 Å². The zero-order valence-corrected chi connectivity index (χ0v) is 14.7. The van der Waals surface area contributed by atoms with Crippen LogP contribution in [-0.4, -0.2) is 19.1 Å². The molecule has 0 amide bonds. The number of halogens is 1. The molecule has 2 unspecified atom stereocenters. The van der Waals surface area contributed by atoms with E-state index in [1.807, 2.05) is 0 Å². The van der Waals surface area contributed by atoms with Crippen LogP contribution >= 0.6 is 15.9 Å². The molecule has 1 aromatic carbocycles. The van der Waals surface area contributed by atoms with Crippen molar-refractivity contribution in [3.05, 3.63) is 28.2 Å². The lowest BCUT2D eigenvalue weighted by atomic mass is 9.91. The van der Waals surface area contributed by atoms with Crippen LogP contribution in [0.5, 0.6) is 0 Å². The molecule has 2 atom stereocenters. The van der Waals surface area contributed by atoms with Crippen molar-refractivity contribution in [2.75, 3.05) is 18.0 Å². The molecule has 0 aliphatic carbocycles. The highest BCUT2D eigenvalue weighted by molar-refractivity contribution is 9.10. The highest BCUT2D eigenvalue weighted by Crippen LogP contribution is 2.29. The van der Waals surface area contributed by atoms with Crippen molar-refractivity contribution >= 4 is 21.6 Å². The lowest BCUT2D eigenvalue weighted by molar-refractivity contribution is 0.357. The van der Waals surface area contributed by atoms with Gasteiger partial charge < -0.3 is 10.2 Å². The van der Waals surface area contributed by atoms with Gasteiger partial charge in [0, 0.05) is 35.8 Å². The van der Waals surface area contributed by atoms with E-state index in [4.69, 9.17) is 0 Å². The van der Waals surface area contributed by atoms with Gasteiger partial charge >= 0.3 is 0 Å². The average Bonchev–Trinajstić information content (AvgIpc) is 2.35. The second-order valence-corrected chi connectivity index (χ2v) is 7.52. The van der Waals surface area contributed by atoms with Gasteiger partial charge in [0.15, 0.2) is 0 Å². The van der Waals surface area contributed by atoms with E-state index in [1.165, 1.54) is 35.2 Å². The minimum absolute atomic E-state index is 0.519. The maximum absolute atomic E-state index is 3.73. The SMILES string of the molecule is CC1CC(C)CN(c2ccc(CNC(C)C)c(Br)c2)C1. The minimum Gasteiger partial charge on any atom is -0.371 e. The van der Waals surface area contributed by atoms with Gasteiger partial charge in [-0.3, -0.25) is 0 Å². The van der Waals surface area contributed by atoms with Gasteiger partial charge in [-0.2, -0.15) is 0 Å². The van der Waals surface area contributed by atoms with Gasteiger partial charge in [0.25, 0.3) is 0 Å². The Labute approximate surface area is 132 Å². The molecule has 1 fully saturated rings. The summed E-state index contributed by atoms with van der Waals surface area (Å²) in [6.07, 6.45) is 1.36. The van der Waals surface area contributed by atoms with E-state index >= 15 is 0 Å². The highest BCUT2D eigenvalue weighted by Gasteiger charge is 2.22. The molecule has 2 rings (SSSR count). The summed E-state index contributed by atoms with van der Waals surface area (Å²) in [7, 11) is 0. The van der Waals surface area contributed by atoms with Crippen LogP contribution in [0.15, 0.2) is 22.7 Å². The van der Waals surface area contributed by atoms with Crippen LogP contribution in [0.3, 0.4) is 0 Å². The number of benzene rings is 1. The van der Waals surface area contributed by atoms with Crippen LogP contribution in [0.25, 0.3) is 0 Å². The van der Waals surface area contributed by atoms with Gasteiger partial charge in [0.05, 0.1) is 0 Å². The number of rotatable bonds is 4. The van der Waals surface area contributed by atoms with Crippen LogP contribution in [-0.2, 0) is 6.54 Å². The molecule has 0 saturated carbocycles. The summed E-state index contributed by atoms with van der Waals surface area (Å²) >= 11 is 3.73. The molecular formula is C17H27BrN2.